The Bertz CT molecular complexity index is 1050. The first-order chi connectivity index (χ1) is 14.6. The molecule has 0 saturated carbocycles. The van der Waals surface area contributed by atoms with Gasteiger partial charge in [0.2, 0.25) is 5.95 Å². The lowest BCUT2D eigenvalue weighted by molar-refractivity contribution is 0.0342. The molecule has 0 aliphatic carbocycles. The second-order valence-corrected chi connectivity index (χ2v) is 7.18. The van der Waals surface area contributed by atoms with E-state index >= 15 is 0 Å². The van der Waals surface area contributed by atoms with Crippen LogP contribution in [0.5, 0.6) is 5.75 Å². The van der Waals surface area contributed by atoms with Crippen LogP contribution in [0.1, 0.15) is 21.6 Å². The van der Waals surface area contributed by atoms with Gasteiger partial charge in [-0.25, -0.2) is 9.97 Å². The summed E-state index contributed by atoms with van der Waals surface area (Å²) in [4.78, 5) is 23.6. The molecule has 1 aromatic heterocycles. The number of carbonyl (C=O) groups excluding carboxylic acids is 1. The minimum absolute atomic E-state index is 0.0321. The maximum atomic E-state index is 12.9. The molecular formula is C22H25N5O3. The molecule has 30 heavy (non-hydrogen) atoms. The number of amides is 1. The fourth-order valence-electron chi connectivity index (χ4n) is 3.60. The number of para-hydroxylation sites is 1. The third-order valence-corrected chi connectivity index (χ3v) is 5.10. The zero-order chi connectivity index (χ0) is 20.9. The number of nitrogens with two attached hydrogens (primary N) is 1. The van der Waals surface area contributed by atoms with Gasteiger partial charge in [0.05, 0.1) is 20.3 Å². The van der Waals surface area contributed by atoms with Crippen molar-refractivity contribution >= 4 is 22.8 Å². The van der Waals surface area contributed by atoms with E-state index in [9.17, 15) is 4.79 Å². The number of fused-ring (bicyclic) bond motifs is 1. The normalized spacial score (nSPS) is 14.6. The van der Waals surface area contributed by atoms with Gasteiger partial charge in [-0.3, -0.25) is 9.69 Å². The highest BCUT2D eigenvalue weighted by Gasteiger charge is 2.16. The summed E-state index contributed by atoms with van der Waals surface area (Å²) in [5, 5.41) is 3.54. The van der Waals surface area contributed by atoms with Gasteiger partial charge in [-0.05, 0) is 17.2 Å². The number of carbonyl (C=O) groups is 1. The average molecular weight is 407 g/mol. The van der Waals surface area contributed by atoms with Gasteiger partial charge >= 0.3 is 0 Å². The Hall–Kier alpha value is -3.23. The maximum Gasteiger partial charge on any atom is 0.271 e. The van der Waals surface area contributed by atoms with Crippen LogP contribution >= 0.6 is 0 Å². The maximum absolute atomic E-state index is 12.9. The van der Waals surface area contributed by atoms with Gasteiger partial charge in [0.1, 0.15) is 17.0 Å². The van der Waals surface area contributed by atoms with Crippen LogP contribution in [0.3, 0.4) is 0 Å². The van der Waals surface area contributed by atoms with E-state index in [1.807, 2.05) is 12.1 Å². The van der Waals surface area contributed by atoms with Crippen molar-refractivity contribution < 1.29 is 14.3 Å². The van der Waals surface area contributed by atoms with Crippen LogP contribution in [-0.2, 0) is 17.8 Å². The number of nitrogen functional groups attached to an aromatic ring is 1. The molecular weight excluding hydrogens is 382 g/mol. The SMILES string of the molecule is COc1cccc2c(C(=O)NCc3cccc(CN4CCOCC4)c3)nc(N)nc12. The Balaban J connectivity index is 1.48. The molecule has 0 bridgehead atoms. The average Bonchev–Trinajstić information content (AvgIpc) is 2.77. The van der Waals surface area contributed by atoms with Crippen molar-refractivity contribution in [3.05, 3.63) is 59.3 Å². The molecule has 2 aromatic carbocycles. The highest BCUT2D eigenvalue weighted by Crippen LogP contribution is 2.26. The molecule has 3 N–H and O–H groups in total. The summed E-state index contributed by atoms with van der Waals surface area (Å²) in [7, 11) is 1.55. The van der Waals surface area contributed by atoms with Crippen molar-refractivity contribution in [3.8, 4) is 5.75 Å². The van der Waals surface area contributed by atoms with Gasteiger partial charge in [0.15, 0.2) is 0 Å². The zero-order valence-corrected chi connectivity index (χ0v) is 16.9. The quantitative estimate of drug-likeness (QED) is 0.644. The number of aromatic nitrogens is 2. The monoisotopic (exact) mass is 407 g/mol. The summed E-state index contributed by atoms with van der Waals surface area (Å²) in [5.41, 5.74) is 8.83. The number of ether oxygens (including phenoxy) is 2. The molecule has 3 aromatic rings. The van der Waals surface area contributed by atoms with Crippen LogP contribution in [0, 0.1) is 0 Å². The Labute approximate surface area is 175 Å². The van der Waals surface area contributed by atoms with Crippen molar-refractivity contribution in [2.75, 3.05) is 39.1 Å². The van der Waals surface area contributed by atoms with Gasteiger partial charge in [-0.15, -0.1) is 0 Å². The smallest absolute Gasteiger partial charge is 0.271 e. The van der Waals surface area contributed by atoms with Crippen molar-refractivity contribution in [3.63, 3.8) is 0 Å². The zero-order valence-electron chi connectivity index (χ0n) is 16.9. The van der Waals surface area contributed by atoms with E-state index in [1.165, 1.54) is 5.56 Å². The van der Waals surface area contributed by atoms with Crippen LogP contribution in [0.2, 0.25) is 0 Å². The first kappa shape index (κ1) is 20.1. The summed E-state index contributed by atoms with van der Waals surface area (Å²) in [6.07, 6.45) is 0. The minimum Gasteiger partial charge on any atom is -0.494 e. The van der Waals surface area contributed by atoms with Crippen LogP contribution in [0.15, 0.2) is 42.5 Å². The molecule has 1 fully saturated rings. The molecule has 0 atom stereocenters. The Morgan fingerprint density at radius 3 is 2.73 bits per heavy atom. The predicted molar refractivity (Wildman–Crippen MR) is 114 cm³/mol. The molecule has 1 aliphatic heterocycles. The number of hydrogen-bond acceptors (Lipinski definition) is 7. The van der Waals surface area contributed by atoms with E-state index in [4.69, 9.17) is 15.2 Å². The van der Waals surface area contributed by atoms with Gasteiger partial charge in [0, 0.05) is 31.6 Å². The topological polar surface area (TPSA) is 103 Å². The van der Waals surface area contributed by atoms with Crippen molar-refractivity contribution in [1.29, 1.82) is 0 Å². The van der Waals surface area contributed by atoms with Gasteiger partial charge in [-0.2, -0.15) is 0 Å². The second-order valence-electron chi connectivity index (χ2n) is 7.18. The van der Waals surface area contributed by atoms with Crippen LogP contribution in [-0.4, -0.2) is 54.2 Å². The molecule has 8 nitrogen and oxygen atoms in total. The summed E-state index contributed by atoms with van der Waals surface area (Å²) >= 11 is 0. The predicted octanol–water partition coefficient (Wildman–Crippen LogP) is 1.98. The lowest BCUT2D eigenvalue weighted by Crippen LogP contribution is -2.35. The number of rotatable bonds is 6. The third kappa shape index (κ3) is 4.50. The first-order valence-electron chi connectivity index (χ1n) is 9.90. The number of anilines is 1. The molecule has 0 radical (unpaired) electrons. The van der Waals surface area contributed by atoms with E-state index in [-0.39, 0.29) is 17.5 Å². The van der Waals surface area contributed by atoms with Crippen molar-refractivity contribution in [2.24, 2.45) is 0 Å². The summed E-state index contributed by atoms with van der Waals surface area (Å²) in [5.74, 6) is 0.275. The van der Waals surface area contributed by atoms with Gasteiger partial charge in [0.25, 0.3) is 5.91 Å². The summed E-state index contributed by atoms with van der Waals surface area (Å²) < 4.78 is 10.7. The Morgan fingerprint density at radius 2 is 1.93 bits per heavy atom. The van der Waals surface area contributed by atoms with Gasteiger partial charge < -0.3 is 20.5 Å². The molecule has 8 heteroatoms. The fraction of sp³-hybridized carbons (Fsp3) is 0.318. The van der Waals surface area contributed by atoms with Crippen LogP contribution < -0.4 is 15.8 Å². The number of methoxy groups -OCH3 is 1. The van der Waals surface area contributed by atoms with Crippen LogP contribution in [0.4, 0.5) is 5.95 Å². The largest absolute Gasteiger partial charge is 0.494 e. The molecule has 0 spiro atoms. The third-order valence-electron chi connectivity index (χ3n) is 5.10. The fourth-order valence-corrected chi connectivity index (χ4v) is 3.60. The number of nitrogens with zero attached hydrogens (tertiary/aromatic N) is 3. The van der Waals surface area contributed by atoms with Crippen molar-refractivity contribution in [2.45, 2.75) is 13.1 Å². The summed E-state index contributed by atoms with van der Waals surface area (Å²) in [6, 6.07) is 13.6. The van der Waals surface area contributed by atoms with Gasteiger partial charge in [-0.1, -0.05) is 36.4 Å². The number of morpholine rings is 1. The number of nitrogens with one attached hydrogen (secondary N) is 1. The Morgan fingerprint density at radius 1 is 1.17 bits per heavy atom. The summed E-state index contributed by atoms with van der Waals surface area (Å²) in [6.45, 7) is 4.69. The first-order valence-corrected chi connectivity index (χ1v) is 9.90. The van der Waals surface area contributed by atoms with E-state index in [1.54, 1.807) is 25.3 Å². The highest BCUT2D eigenvalue weighted by molar-refractivity contribution is 6.05. The molecule has 1 amide bonds. The molecule has 156 valence electrons. The van der Waals surface area contributed by atoms with E-state index in [0.717, 1.165) is 38.4 Å². The van der Waals surface area contributed by atoms with E-state index < -0.39 is 0 Å². The molecule has 0 unspecified atom stereocenters. The van der Waals surface area contributed by atoms with E-state index in [0.29, 0.717) is 23.2 Å². The standard InChI is InChI=1S/C22H25N5O3/c1-29-18-7-3-6-17-19(18)25-22(23)26-20(17)21(28)24-13-15-4-2-5-16(12-15)14-27-8-10-30-11-9-27/h2-7,12H,8-11,13-14H2,1H3,(H,24,28)(H2,23,25,26). The molecule has 2 heterocycles. The number of hydrogen-bond donors (Lipinski definition) is 2. The molecule has 1 aliphatic rings. The van der Waals surface area contributed by atoms with Crippen molar-refractivity contribution in [1.82, 2.24) is 20.2 Å². The Kier molecular flexibility index (Phi) is 6.06. The number of benzene rings is 2. The molecule has 4 rings (SSSR count). The highest BCUT2D eigenvalue weighted by atomic mass is 16.5. The molecule has 1 saturated heterocycles. The lowest BCUT2D eigenvalue weighted by Gasteiger charge is -2.26. The second kappa shape index (κ2) is 9.06. The van der Waals surface area contributed by atoms with Crippen LogP contribution in [0.25, 0.3) is 10.9 Å². The minimum atomic E-state index is -0.305. The van der Waals surface area contributed by atoms with E-state index in [2.05, 4.69) is 32.3 Å². The lowest BCUT2D eigenvalue weighted by atomic mass is 10.1.